The number of nitrogens with one attached hydrogen (secondary N) is 1. The fraction of sp³-hybridized carbons (Fsp3) is 0.278. The second kappa shape index (κ2) is 8.70. The Morgan fingerprint density at radius 2 is 1.65 bits per heavy atom. The second-order valence-electron chi connectivity index (χ2n) is 5.01. The van der Waals surface area contributed by atoms with E-state index in [9.17, 15) is 9.59 Å². The Hall–Kier alpha value is -3.29. The summed E-state index contributed by atoms with van der Waals surface area (Å²) in [6, 6.07) is 6.11. The van der Waals surface area contributed by atoms with Crippen molar-refractivity contribution in [1.29, 1.82) is 0 Å². The van der Waals surface area contributed by atoms with Gasteiger partial charge in [-0.15, -0.1) is 0 Å². The Kier molecular flexibility index (Phi) is 6.37. The van der Waals surface area contributed by atoms with Crippen LogP contribution in [-0.4, -0.2) is 44.8 Å². The van der Waals surface area contributed by atoms with E-state index in [0.29, 0.717) is 22.8 Å². The molecule has 0 aliphatic rings. The summed E-state index contributed by atoms with van der Waals surface area (Å²) in [5.74, 6) is 0.517. The summed E-state index contributed by atoms with van der Waals surface area (Å²) < 4.78 is 20.5. The van der Waals surface area contributed by atoms with E-state index in [0.717, 1.165) is 0 Å². The lowest BCUT2D eigenvalue weighted by Crippen LogP contribution is -2.15. The number of aromatic nitrogens is 1. The highest BCUT2D eigenvalue weighted by molar-refractivity contribution is 6.06. The second-order valence-corrected chi connectivity index (χ2v) is 5.01. The van der Waals surface area contributed by atoms with Gasteiger partial charge in [-0.05, 0) is 19.1 Å². The number of nitrogens with zero attached hydrogens (tertiary/aromatic N) is 1. The van der Waals surface area contributed by atoms with Crippen LogP contribution in [0, 0.1) is 0 Å². The summed E-state index contributed by atoms with van der Waals surface area (Å²) >= 11 is 0. The SMILES string of the molecule is CCOC(=O)c1ccc(NC(=O)c2cc(OC)c(OC)cc2OC)nc1. The number of esters is 1. The largest absolute Gasteiger partial charge is 0.496 e. The van der Waals surface area contributed by atoms with Crippen molar-refractivity contribution in [3.8, 4) is 17.2 Å². The average Bonchev–Trinajstić information content (AvgIpc) is 2.67. The molecule has 8 heteroatoms. The molecule has 8 nitrogen and oxygen atoms in total. The molecule has 0 fully saturated rings. The van der Waals surface area contributed by atoms with Gasteiger partial charge in [0, 0.05) is 18.3 Å². The van der Waals surface area contributed by atoms with Crippen molar-refractivity contribution < 1.29 is 28.5 Å². The van der Waals surface area contributed by atoms with Crippen LogP contribution in [0.15, 0.2) is 30.5 Å². The topological polar surface area (TPSA) is 96.0 Å². The van der Waals surface area contributed by atoms with Crippen molar-refractivity contribution in [3.05, 3.63) is 41.6 Å². The predicted octanol–water partition coefficient (Wildman–Crippen LogP) is 2.54. The molecule has 2 rings (SSSR count). The molecule has 1 aromatic heterocycles. The average molecular weight is 360 g/mol. The number of benzene rings is 1. The molecular formula is C18H20N2O6. The zero-order chi connectivity index (χ0) is 19.1. The quantitative estimate of drug-likeness (QED) is 0.758. The normalized spacial score (nSPS) is 10.0. The van der Waals surface area contributed by atoms with Crippen molar-refractivity contribution in [2.75, 3.05) is 33.3 Å². The third-order valence-corrected chi connectivity index (χ3v) is 3.47. The Balaban J connectivity index is 2.23. The summed E-state index contributed by atoms with van der Waals surface area (Å²) in [4.78, 5) is 28.2. The van der Waals surface area contributed by atoms with Gasteiger partial charge in [-0.2, -0.15) is 0 Å². The fourth-order valence-corrected chi connectivity index (χ4v) is 2.19. The fourth-order valence-electron chi connectivity index (χ4n) is 2.19. The molecular weight excluding hydrogens is 340 g/mol. The number of carbonyl (C=O) groups excluding carboxylic acids is 2. The number of hydrogen-bond donors (Lipinski definition) is 1. The molecule has 0 saturated carbocycles. The first-order chi connectivity index (χ1) is 12.5. The third kappa shape index (κ3) is 4.21. The summed E-state index contributed by atoms with van der Waals surface area (Å²) in [6.45, 7) is 1.99. The molecule has 0 aliphatic heterocycles. The van der Waals surface area contributed by atoms with E-state index in [2.05, 4.69) is 10.3 Å². The van der Waals surface area contributed by atoms with E-state index in [1.54, 1.807) is 13.0 Å². The van der Waals surface area contributed by atoms with Crippen LogP contribution in [0.2, 0.25) is 0 Å². The molecule has 1 aromatic carbocycles. The van der Waals surface area contributed by atoms with Crippen molar-refractivity contribution in [1.82, 2.24) is 4.98 Å². The maximum atomic E-state index is 12.6. The van der Waals surface area contributed by atoms with Crippen molar-refractivity contribution >= 4 is 17.7 Å². The van der Waals surface area contributed by atoms with Crippen LogP contribution in [0.4, 0.5) is 5.82 Å². The number of anilines is 1. The maximum absolute atomic E-state index is 12.6. The smallest absolute Gasteiger partial charge is 0.339 e. The monoisotopic (exact) mass is 360 g/mol. The number of carbonyl (C=O) groups is 2. The lowest BCUT2D eigenvalue weighted by atomic mass is 10.1. The van der Waals surface area contributed by atoms with Gasteiger partial charge in [0.15, 0.2) is 11.5 Å². The van der Waals surface area contributed by atoms with Gasteiger partial charge in [0.2, 0.25) is 0 Å². The molecule has 0 spiro atoms. The van der Waals surface area contributed by atoms with Crippen molar-refractivity contribution in [3.63, 3.8) is 0 Å². The highest BCUT2D eigenvalue weighted by atomic mass is 16.5. The molecule has 0 aliphatic carbocycles. The van der Waals surface area contributed by atoms with Crippen LogP contribution in [0.5, 0.6) is 17.2 Å². The summed E-state index contributed by atoms with van der Waals surface area (Å²) in [7, 11) is 4.41. The Morgan fingerprint density at radius 3 is 2.19 bits per heavy atom. The zero-order valence-electron chi connectivity index (χ0n) is 15.0. The number of hydrogen-bond acceptors (Lipinski definition) is 7. The Labute approximate surface area is 151 Å². The molecule has 26 heavy (non-hydrogen) atoms. The number of pyridine rings is 1. The van der Waals surface area contributed by atoms with E-state index in [4.69, 9.17) is 18.9 Å². The zero-order valence-corrected chi connectivity index (χ0v) is 15.0. The van der Waals surface area contributed by atoms with Crippen LogP contribution in [0.25, 0.3) is 0 Å². The van der Waals surface area contributed by atoms with Gasteiger partial charge in [0.25, 0.3) is 5.91 Å². The standard InChI is InChI=1S/C18H20N2O6/c1-5-26-18(22)11-6-7-16(19-10-11)20-17(21)12-8-14(24-3)15(25-4)9-13(12)23-2/h6-10H,5H2,1-4H3,(H,19,20,21). The van der Waals surface area contributed by atoms with Crippen molar-refractivity contribution in [2.24, 2.45) is 0 Å². The van der Waals surface area contributed by atoms with Crippen LogP contribution in [-0.2, 0) is 4.74 Å². The van der Waals surface area contributed by atoms with Gasteiger partial charge in [0.1, 0.15) is 11.6 Å². The van der Waals surface area contributed by atoms with Gasteiger partial charge in [0.05, 0.1) is 39.1 Å². The number of rotatable bonds is 7. The number of methoxy groups -OCH3 is 3. The van der Waals surface area contributed by atoms with Gasteiger partial charge >= 0.3 is 5.97 Å². The minimum absolute atomic E-state index is 0.251. The van der Waals surface area contributed by atoms with Gasteiger partial charge in [-0.25, -0.2) is 9.78 Å². The van der Waals surface area contributed by atoms with Gasteiger partial charge in [-0.3, -0.25) is 4.79 Å². The van der Waals surface area contributed by atoms with Crippen molar-refractivity contribution in [2.45, 2.75) is 6.92 Å². The summed E-state index contributed by atoms with van der Waals surface area (Å²) in [6.07, 6.45) is 1.33. The lowest BCUT2D eigenvalue weighted by Gasteiger charge is -2.14. The third-order valence-electron chi connectivity index (χ3n) is 3.47. The van der Waals surface area contributed by atoms with E-state index >= 15 is 0 Å². The highest BCUT2D eigenvalue weighted by Gasteiger charge is 2.18. The summed E-state index contributed by atoms with van der Waals surface area (Å²) in [5, 5.41) is 2.64. The predicted molar refractivity (Wildman–Crippen MR) is 94.2 cm³/mol. The van der Waals surface area contributed by atoms with Crippen LogP contribution >= 0.6 is 0 Å². The molecule has 1 heterocycles. The molecule has 0 atom stereocenters. The lowest BCUT2D eigenvalue weighted by molar-refractivity contribution is 0.0526. The van der Waals surface area contributed by atoms with E-state index in [1.807, 2.05) is 0 Å². The Morgan fingerprint density at radius 1 is 1.00 bits per heavy atom. The molecule has 0 radical (unpaired) electrons. The minimum atomic E-state index is -0.473. The number of amides is 1. The summed E-state index contributed by atoms with van der Waals surface area (Å²) in [5.41, 5.74) is 0.551. The highest BCUT2D eigenvalue weighted by Crippen LogP contribution is 2.34. The van der Waals surface area contributed by atoms with Gasteiger partial charge < -0.3 is 24.3 Å². The first-order valence-electron chi connectivity index (χ1n) is 7.78. The minimum Gasteiger partial charge on any atom is -0.496 e. The maximum Gasteiger partial charge on any atom is 0.339 e. The first-order valence-corrected chi connectivity index (χ1v) is 7.78. The van der Waals surface area contributed by atoms with E-state index in [-0.39, 0.29) is 18.0 Å². The molecule has 0 unspecified atom stereocenters. The molecule has 2 aromatic rings. The van der Waals surface area contributed by atoms with E-state index in [1.165, 1.54) is 45.7 Å². The van der Waals surface area contributed by atoms with E-state index < -0.39 is 11.9 Å². The van der Waals surface area contributed by atoms with Crippen LogP contribution in [0.1, 0.15) is 27.6 Å². The molecule has 1 N–H and O–H groups in total. The molecule has 0 bridgehead atoms. The first kappa shape index (κ1) is 19.0. The molecule has 0 saturated heterocycles. The van der Waals surface area contributed by atoms with Crippen LogP contribution < -0.4 is 19.5 Å². The van der Waals surface area contributed by atoms with Crippen LogP contribution in [0.3, 0.4) is 0 Å². The molecule has 138 valence electrons. The van der Waals surface area contributed by atoms with Gasteiger partial charge in [-0.1, -0.05) is 0 Å². The Bertz CT molecular complexity index is 789. The number of ether oxygens (including phenoxy) is 4. The molecule has 1 amide bonds.